The molecule has 4 nitrogen and oxygen atoms in total. The molecule has 5 aromatic rings. The lowest BCUT2D eigenvalue weighted by molar-refractivity contribution is 0.310. The molecule has 0 bridgehead atoms. The third kappa shape index (κ3) is 8.51. The summed E-state index contributed by atoms with van der Waals surface area (Å²) in [4.78, 5) is 7.29. The molecule has 1 atom stereocenters. The molecule has 5 rings (SSSR count). The Morgan fingerprint density at radius 1 is 0.804 bits per heavy atom. The van der Waals surface area contributed by atoms with Crippen molar-refractivity contribution < 1.29 is 4.74 Å². The standard InChI is InChI=1S/C40H41Cl2N3O/c1-40(2,3)23-21-37(36(22-26-45-24-12-13-25-45)43-38-34(41)19-14-20-35(38)42)46-39-32(29-15-8-6-9-16-29)27-31(44(4)5)28-33(39)30-17-10-7-11-18-30/h6-21,23-25,27-28,37H,22,26H2,1-5H3/b23-21+,43-36?/t37-/m1/s1. The van der Waals surface area contributed by atoms with Gasteiger partial charge in [0, 0.05) is 56.3 Å². The van der Waals surface area contributed by atoms with E-state index in [-0.39, 0.29) is 5.41 Å². The van der Waals surface area contributed by atoms with Gasteiger partial charge in [0.2, 0.25) is 0 Å². The van der Waals surface area contributed by atoms with Crippen molar-refractivity contribution in [3.63, 3.8) is 0 Å². The van der Waals surface area contributed by atoms with E-state index < -0.39 is 6.10 Å². The maximum Gasteiger partial charge on any atom is 0.155 e. The first kappa shape index (κ1) is 33.1. The fourth-order valence-corrected chi connectivity index (χ4v) is 5.63. The summed E-state index contributed by atoms with van der Waals surface area (Å²) in [6.07, 6.45) is 8.53. The molecule has 0 spiro atoms. The minimum absolute atomic E-state index is 0.0888. The van der Waals surface area contributed by atoms with E-state index in [0.717, 1.165) is 39.4 Å². The number of halogens is 2. The van der Waals surface area contributed by atoms with Crippen LogP contribution in [0.1, 0.15) is 27.2 Å². The first-order valence-electron chi connectivity index (χ1n) is 15.5. The average Bonchev–Trinajstić information content (AvgIpc) is 3.57. The lowest BCUT2D eigenvalue weighted by atomic mass is 9.94. The summed E-state index contributed by atoms with van der Waals surface area (Å²) in [5.74, 6) is 0.783. The van der Waals surface area contributed by atoms with E-state index in [1.54, 1.807) is 0 Å². The number of aryl methyl sites for hydroxylation is 1. The molecule has 4 aromatic carbocycles. The number of hydrogen-bond donors (Lipinski definition) is 0. The second kappa shape index (κ2) is 14.9. The molecule has 0 aliphatic heterocycles. The van der Waals surface area contributed by atoms with Crippen LogP contribution < -0.4 is 9.64 Å². The number of aliphatic imine (C=N–C) groups is 1. The van der Waals surface area contributed by atoms with Gasteiger partial charge in [0.25, 0.3) is 0 Å². The van der Waals surface area contributed by atoms with Gasteiger partial charge in [-0.05, 0) is 59.0 Å². The average molecular weight is 651 g/mol. The molecule has 236 valence electrons. The highest BCUT2D eigenvalue weighted by atomic mass is 35.5. The van der Waals surface area contributed by atoms with Crippen molar-refractivity contribution >= 4 is 40.3 Å². The van der Waals surface area contributed by atoms with Crippen molar-refractivity contribution in [2.45, 2.75) is 39.8 Å². The maximum absolute atomic E-state index is 7.27. The number of ether oxygens (including phenoxy) is 1. The number of benzene rings is 4. The Morgan fingerprint density at radius 2 is 1.35 bits per heavy atom. The zero-order valence-corrected chi connectivity index (χ0v) is 28.6. The fraction of sp³-hybridized carbons (Fsp3) is 0.225. The smallest absolute Gasteiger partial charge is 0.155 e. The number of rotatable bonds is 11. The van der Waals surface area contributed by atoms with Crippen LogP contribution in [0.15, 0.2) is 133 Å². The van der Waals surface area contributed by atoms with E-state index in [0.29, 0.717) is 28.7 Å². The van der Waals surface area contributed by atoms with Crippen molar-refractivity contribution in [1.29, 1.82) is 0 Å². The summed E-state index contributed by atoms with van der Waals surface area (Å²) in [5.41, 5.74) is 6.49. The van der Waals surface area contributed by atoms with Gasteiger partial charge < -0.3 is 14.2 Å². The molecular formula is C40H41Cl2N3O. The Kier molecular flexibility index (Phi) is 10.7. The molecule has 0 fully saturated rings. The molecule has 1 aromatic heterocycles. The molecule has 0 saturated carbocycles. The molecule has 0 amide bonds. The molecular weight excluding hydrogens is 609 g/mol. The van der Waals surface area contributed by atoms with Gasteiger partial charge in [-0.15, -0.1) is 0 Å². The van der Waals surface area contributed by atoms with Crippen molar-refractivity contribution in [3.8, 4) is 28.0 Å². The Balaban J connectivity index is 1.74. The van der Waals surface area contributed by atoms with Crippen LogP contribution in [0.3, 0.4) is 0 Å². The van der Waals surface area contributed by atoms with Crippen LogP contribution in [-0.2, 0) is 6.54 Å². The third-order valence-corrected chi connectivity index (χ3v) is 8.20. The van der Waals surface area contributed by atoms with Crippen molar-refractivity contribution in [2.75, 3.05) is 19.0 Å². The van der Waals surface area contributed by atoms with E-state index in [2.05, 4.69) is 130 Å². The van der Waals surface area contributed by atoms with Crippen LogP contribution >= 0.6 is 23.2 Å². The predicted octanol–water partition coefficient (Wildman–Crippen LogP) is 11.4. The summed E-state index contributed by atoms with van der Waals surface area (Å²) in [6, 6.07) is 34.7. The Hall–Kier alpha value is -4.25. The Morgan fingerprint density at radius 3 is 1.85 bits per heavy atom. The summed E-state index contributed by atoms with van der Waals surface area (Å²) in [6.45, 7) is 7.25. The van der Waals surface area contributed by atoms with Crippen LogP contribution in [0, 0.1) is 5.41 Å². The van der Waals surface area contributed by atoms with E-state index in [1.807, 2.05) is 42.5 Å². The van der Waals surface area contributed by atoms with Crippen molar-refractivity contribution in [3.05, 3.63) is 138 Å². The topological polar surface area (TPSA) is 29.8 Å². The number of nitrogens with zero attached hydrogens (tertiary/aromatic N) is 3. The fourth-order valence-electron chi connectivity index (χ4n) is 5.15. The van der Waals surface area contributed by atoms with Gasteiger partial charge in [-0.2, -0.15) is 0 Å². The Bertz CT molecular complexity index is 1710. The molecule has 1 heterocycles. The predicted molar refractivity (Wildman–Crippen MR) is 197 cm³/mol. The molecule has 6 heteroatoms. The number of hydrogen-bond acceptors (Lipinski definition) is 3. The molecule has 0 aliphatic carbocycles. The summed E-state index contributed by atoms with van der Waals surface area (Å²) >= 11 is 13.4. The van der Waals surface area contributed by atoms with Crippen molar-refractivity contribution in [2.24, 2.45) is 10.4 Å². The monoisotopic (exact) mass is 649 g/mol. The van der Waals surface area contributed by atoms with Crippen LogP contribution in [-0.4, -0.2) is 30.5 Å². The van der Waals surface area contributed by atoms with E-state index in [1.165, 1.54) is 0 Å². The van der Waals surface area contributed by atoms with Crippen LogP contribution in [0.5, 0.6) is 5.75 Å². The summed E-state index contributed by atoms with van der Waals surface area (Å²) < 4.78 is 9.41. The molecule has 0 N–H and O–H groups in total. The van der Waals surface area contributed by atoms with Crippen LogP contribution in [0.2, 0.25) is 10.0 Å². The third-order valence-electron chi connectivity index (χ3n) is 7.59. The van der Waals surface area contributed by atoms with Gasteiger partial charge >= 0.3 is 0 Å². The number of anilines is 1. The number of allylic oxidation sites excluding steroid dienone is 1. The van der Waals surface area contributed by atoms with Gasteiger partial charge in [0.05, 0.1) is 15.8 Å². The zero-order valence-electron chi connectivity index (χ0n) is 27.1. The van der Waals surface area contributed by atoms with Gasteiger partial charge in [0.1, 0.15) is 11.4 Å². The first-order valence-corrected chi connectivity index (χ1v) is 16.3. The van der Waals surface area contributed by atoms with Gasteiger partial charge in [-0.3, -0.25) is 4.99 Å². The second-order valence-electron chi connectivity index (χ2n) is 12.6. The van der Waals surface area contributed by atoms with Crippen LogP contribution in [0.25, 0.3) is 22.3 Å². The molecule has 0 unspecified atom stereocenters. The highest BCUT2D eigenvalue weighted by Crippen LogP contribution is 2.43. The van der Waals surface area contributed by atoms with Gasteiger partial charge in [-0.1, -0.05) is 117 Å². The van der Waals surface area contributed by atoms with E-state index >= 15 is 0 Å². The minimum atomic E-state index is -0.516. The molecule has 0 saturated heterocycles. The quantitative estimate of drug-likeness (QED) is 0.105. The SMILES string of the molecule is CN(C)c1cc(-c2ccccc2)c(O[C@H](/C=C/C(C)(C)C)C(CCn2cccc2)=Nc2c(Cl)cccc2Cl)c(-c2ccccc2)c1. The zero-order chi connectivity index (χ0) is 32.7. The summed E-state index contributed by atoms with van der Waals surface area (Å²) in [7, 11) is 4.13. The Labute approximate surface area is 283 Å². The first-order chi connectivity index (χ1) is 22.1. The second-order valence-corrected chi connectivity index (χ2v) is 13.4. The molecule has 0 aliphatic rings. The number of aromatic nitrogens is 1. The normalized spacial score (nSPS) is 12.8. The van der Waals surface area contributed by atoms with E-state index in [9.17, 15) is 0 Å². The summed E-state index contributed by atoms with van der Waals surface area (Å²) in [5, 5.41) is 0.990. The number of para-hydroxylation sites is 1. The lowest BCUT2D eigenvalue weighted by Crippen LogP contribution is -2.27. The largest absolute Gasteiger partial charge is 0.479 e. The lowest BCUT2D eigenvalue weighted by Gasteiger charge is -2.26. The molecule has 46 heavy (non-hydrogen) atoms. The minimum Gasteiger partial charge on any atom is -0.479 e. The van der Waals surface area contributed by atoms with Crippen LogP contribution in [0.4, 0.5) is 11.4 Å². The maximum atomic E-state index is 7.27. The van der Waals surface area contributed by atoms with E-state index in [4.69, 9.17) is 32.9 Å². The highest BCUT2D eigenvalue weighted by molar-refractivity contribution is 6.38. The highest BCUT2D eigenvalue weighted by Gasteiger charge is 2.24. The van der Waals surface area contributed by atoms with Gasteiger partial charge in [0.15, 0.2) is 6.10 Å². The van der Waals surface area contributed by atoms with Crippen molar-refractivity contribution in [1.82, 2.24) is 4.57 Å². The van der Waals surface area contributed by atoms with Gasteiger partial charge in [-0.25, -0.2) is 0 Å². The molecule has 0 radical (unpaired) electrons.